The van der Waals surface area contributed by atoms with E-state index < -0.39 is 4.92 Å². The third-order valence-electron chi connectivity index (χ3n) is 5.63. The van der Waals surface area contributed by atoms with Crippen LogP contribution >= 0.6 is 11.3 Å². The Balaban J connectivity index is 1.50. The maximum Gasteiger partial charge on any atom is 0.293 e. The molecule has 10 heteroatoms. The molecule has 1 aromatic carbocycles. The maximum absolute atomic E-state index is 12.7. The van der Waals surface area contributed by atoms with Gasteiger partial charge in [0.2, 0.25) is 0 Å². The first-order valence-electron chi connectivity index (χ1n) is 10.0. The zero-order valence-electron chi connectivity index (χ0n) is 17.2. The average molecular weight is 432 g/mol. The minimum atomic E-state index is -0.397. The molecule has 2 fully saturated rings. The van der Waals surface area contributed by atoms with Crippen molar-refractivity contribution in [1.82, 2.24) is 9.88 Å². The number of carbonyl (C=O) groups is 1. The average Bonchev–Trinajstić information content (AvgIpc) is 3.12. The molecule has 1 amide bonds. The Morgan fingerprint density at radius 3 is 2.37 bits per heavy atom. The molecule has 0 atom stereocenters. The van der Waals surface area contributed by atoms with E-state index in [0.717, 1.165) is 23.9 Å². The topological polar surface area (TPSA) is 92.1 Å². The highest BCUT2D eigenvalue weighted by molar-refractivity contribution is 7.15. The van der Waals surface area contributed by atoms with Crippen molar-refractivity contribution in [1.29, 1.82) is 0 Å². The van der Waals surface area contributed by atoms with E-state index in [1.165, 1.54) is 10.9 Å². The summed E-state index contributed by atoms with van der Waals surface area (Å²) in [7, 11) is 0. The van der Waals surface area contributed by atoms with Crippen molar-refractivity contribution in [2.75, 3.05) is 62.3 Å². The second-order valence-electron chi connectivity index (χ2n) is 7.48. The van der Waals surface area contributed by atoms with E-state index >= 15 is 0 Å². The van der Waals surface area contributed by atoms with E-state index in [1.807, 2.05) is 11.8 Å². The van der Waals surface area contributed by atoms with E-state index in [2.05, 4.69) is 16.8 Å². The molecule has 160 valence electrons. The van der Waals surface area contributed by atoms with E-state index in [0.29, 0.717) is 50.6 Å². The van der Waals surface area contributed by atoms with Crippen LogP contribution in [0.3, 0.4) is 0 Å². The van der Waals surface area contributed by atoms with Gasteiger partial charge in [0.05, 0.1) is 23.8 Å². The van der Waals surface area contributed by atoms with Crippen LogP contribution in [0.15, 0.2) is 18.2 Å². The second-order valence-corrected chi connectivity index (χ2v) is 8.66. The lowest BCUT2D eigenvalue weighted by atomic mass is 10.1. The summed E-state index contributed by atoms with van der Waals surface area (Å²) in [5.41, 5.74) is 1.93. The molecule has 9 nitrogen and oxygen atoms in total. The summed E-state index contributed by atoms with van der Waals surface area (Å²) in [6, 6.07) is 4.81. The summed E-state index contributed by atoms with van der Waals surface area (Å²) < 4.78 is 5.28. The Kier molecular flexibility index (Phi) is 5.87. The molecule has 2 aliphatic rings. The first-order valence-corrected chi connectivity index (χ1v) is 10.8. The fourth-order valence-electron chi connectivity index (χ4n) is 3.75. The number of morpholine rings is 1. The molecule has 4 rings (SSSR count). The molecule has 0 aliphatic carbocycles. The number of hydrogen-bond donors (Lipinski definition) is 0. The molecule has 0 spiro atoms. The Hall–Kier alpha value is -2.72. The molecule has 3 heterocycles. The Bertz CT molecular complexity index is 929. The van der Waals surface area contributed by atoms with Crippen LogP contribution in [0.2, 0.25) is 0 Å². The zero-order chi connectivity index (χ0) is 21.3. The Morgan fingerprint density at radius 2 is 1.77 bits per heavy atom. The van der Waals surface area contributed by atoms with Gasteiger partial charge in [-0.2, -0.15) is 0 Å². The highest BCUT2D eigenvalue weighted by atomic mass is 32.1. The first kappa shape index (κ1) is 20.5. The van der Waals surface area contributed by atoms with Gasteiger partial charge in [0.25, 0.3) is 11.6 Å². The number of aryl methyl sites for hydroxylation is 2. The number of nitrogens with zero attached hydrogens (tertiary/aromatic N) is 5. The molecular weight excluding hydrogens is 406 g/mol. The van der Waals surface area contributed by atoms with Crippen LogP contribution in [0.1, 0.15) is 20.9 Å². The first-order chi connectivity index (χ1) is 14.4. The van der Waals surface area contributed by atoms with Gasteiger partial charge in [-0.25, -0.2) is 4.98 Å². The standard InChI is InChI=1S/C20H25N5O4S/c1-14-15(2)30-20(21-14)24-7-5-22(6-8-24)17-4-3-16(13-18(17)25(27)28)19(26)23-9-11-29-12-10-23/h3-4,13H,5-12H2,1-2H3. The number of nitro benzene ring substituents is 1. The van der Waals surface area contributed by atoms with Gasteiger partial charge in [-0.1, -0.05) is 0 Å². The number of hydrogen-bond acceptors (Lipinski definition) is 8. The van der Waals surface area contributed by atoms with Gasteiger partial charge in [-0.3, -0.25) is 14.9 Å². The van der Waals surface area contributed by atoms with E-state index in [4.69, 9.17) is 4.74 Å². The van der Waals surface area contributed by atoms with Crippen molar-refractivity contribution < 1.29 is 14.5 Å². The molecule has 2 saturated heterocycles. The minimum absolute atomic E-state index is 0.0245. The van der Waals surface area contributed by atoms with Gasteiger partial charge in [-0.05, 0) is 26.0 Å². The second kappa shape index (κ2) is 8.57. The number of benzene rings is 1. The lowest BCUT2D eigenvalue weighted by Gasteiger charge is -2.35. The van der Waals surface area contributed by atoms with Crippen molar-refractivity contribution in [3.63, 3.8) is 0 Å². The molecule has 0 bridgehead atoms. The summed E-state index contributed by atoms with van der Waals surface area (Å²) in [4.78, 5) is 35.8. The summed E-state index contributed by atoms with van der Waals surface area (Å²) in [6.45, 7) is 8.89. The van der Waals surface area contributed by atoms with Gasteiger partial charge in [0.1, 0.15) is 5.69 Å². The predicted molar refractivity (Wildman–Crippen MR) is 116 cm³/mol. The van der Waals surface area contributed by atoms with Crippen LogP contribution in [-0.2, 0) is 4.74 Å². The van der Waals surface area contributed by atoms with Crippen LogP contribution < -0.4 is 9.80 Å². The third kappa shape index (κ3) is 4.10. The lowest BCUT2D eigenvalue weighted by Crippen LogP contribution is -2.46. The number of rotatable bonds is 4. The van der Waals surface area contributed by atoms with Crippen molar-refractivity contribution in [3.05, 3.63) is 44.4 Å². The molecule has 1 aromatic heterocycles. The molecule has 0 unspecified atom stereocenters. The van der Waals surface area contributed by atoms with Crippen molar-refractivity contribution in [2.24, 2.45) is 0 Å². The number of anilines is 2. The number of piperazine rings is 1. The number of ether oxygens (including phenoxy) is 1. The van der Waals surface area contributed by atoms with Gasteiger partial charge < -0.3 is 19.4 Å². The highest BCUT2D eigenvalue weighted by Crippen LogP contribution is 2.32. The molecule has 0 radical (unpaired) electrons. The van der Waals surface area contributed by atoms with Crippen molar-refractivity contribution in [3.8, 4) is 0 Å². The normalized spacial score (nSPS) is 17.3. The van der Waals surface area contributed by atoms with Gasteiger partial charge in [0.15, 0.2) is 5.13 Å². The van der Waals surface area contributed by atoms with Gasteiger partial charge >= 0.3 is 0 Å². The fraction of sp³-hybridized carbons (Fsp3) is 0.500. The summed E-state index contributed by atoms with van der Waals surface area (Å²) in [6.07, 6.45) is 0. The van der Waals surface area contributed by atoms with Gasteiger partial charge in [0, 0.05) is 55.8 Å². The van der Waals surface area contributed by atoms with Crippen LogP contribution in [0.4, 0.5) is 16.5 Å². The van der Waals surface area contributed by atoms with Crippen molar-refractivity contribution in [2.45, 2.75) is 13.8 Å². The lowest BCUT2D eigenvalue weighted by molar-refractivity contribution is -0.384. The number of aromatic nitrogens is 1. The smallest absolute Gasteiger partial charge is 0.293 e. The number of carbonyl (C=O) groups excluding carboxylic acids is 1. The molecule has 30 heavy (non-hydrogen) atoms. The molecule has 2 aromatic rings. The molecule has 0 saturated carbocycles. The molecular formula is C20H25N5O4S. The highest BCUT2D eigenvalue weighted by Gasteiger charge is 2.27. The monoisotopic (exact) mass is 431 g/mol. The zero-order valence-corrected chi connectivity index (χ0v) is 18.0. The van der Waals surface area contributed by atoms with Crippen LogP contribution in [-0.4, -0.2) is 73.2 Å². The Morgan fingerprint density at radius 1 is 1.10 bits per heavy atom. The largest absolute Gasteiger partial charge is 0.378 e. The summed E-state index contributed by atoms with van der Waals surface area (Å²) in [5.74, 6) is -0.188. The number of thiazole rings is 1. The van der Waals surface area contributed by atoms with Crippen LogP contribution in [0.5, 0.6) is 0 Å². The quantitative estimate of drug-likeness (QED) is 0.542. The predicted octanol–water partition coefficient (Wildman–Crippen LogP) is 2.47. The van der Waals surface area contributed by atoms with Crippen molar-refractivity contribution >= 4 is 33.8 Å². The Labute approximate surface area is 179 Å². The fourth-order valence-corrected chi connectivity index (χ4v) is 4.71. The molecule has 0 N–H and O–H groups in total. The maximum atomic E-state index is 12.7. The summed E-state index contributed by atoms with van der Waals surface area (Å²) >= 11 is 1.68. The number of nitro groups is 1. The van der Waals surface area contributed by atoms with Gasteiger partial charge in [-0.15, -0.1) is 11.3 Å². The minimum Gasteiger partial charge on any atom is -0.378 e. The van der Waals surface area contributed by atoms with E-state index in [-0.39, 0.29) is 11.6 Å². The van der Waals surface area contributed by atoms with E-state index in [9.17, 15) is 14.9 Å². The number of amides is 1. The third-order valence-corrected chi connectivity index (χ3v) is 6.76. The van der Waals surface area contributed by atoms with Crippen LogP contribution in [0.25, 0.3) is 0 Å². The SMILES string of the molecule is Cc1nc(N2CCN(c3ccc(C(=O)N4CCOCC4)cc3[N+](=O)[O-])CC2)sc1C. The molecule has 2 aliphatic heterocycles. The van der Waals surface area contributed by atoms with E-state index in [1.54, 1.807) is 28.4 Å². The summed E-state index contributed by atoms with van der Waals surface area (Å²) in [5, 5.41) is 12.8. The van der Waals surface area contributed by atoms with Crippen LogP contribution in [0, 0.1) is 24.0 Å².